The van der Waals surface area contributed by atoms with Crippen LogP contribution in [0.1, 0.15) is 41.0 Å². The zero-order valence-electron chi connectivity index (χ0n) is 11.5. The Bertz CT molecular complexity index is 210. The second kappa shape index (κ2) is 5.74. The fraction of sp³-hybridized carbons (Fsp3) is 1.00. The predicted molar refractivity (Wildman–Crippen MR) is 75.0 cm³/mol. The zero-order valence-corrected chi connectivity index (χ0v) is 12.3. The van der Waals surface area contributed by atoms with Crippen LogP contribution in [0, 0.1) is 5.41 Å². The van der Waals surface area contributed by atoms with Crippen LogP contribution in [0.3, 0.4) is 0 Å². The lowest BCUT2D eigenvalue weighted by atomic mass is 9.81. The molecule has 16 heavy (non-hydrogen) atoms. The minimum Gasteiger partial charge on any atom is -0.327 e. The maximum absolute atomic E-state index is 6.19. The van der Waals surface area contributed by atoms with Gasteiger partial charge in [0.15, 0.2) is 0 Å². The molecule has 0 amide bonds. The van der Waals surface area contributed by atoms with Crippen molar-refractivity contribution in [2.24, 2.45) is 11.1 Å². The Morgan fingerprint density at radius 2 is 2.06 bits per heavy atom. The largest absolute Gasteiger partial charge is 0.327 e. The van der Waals surface area contributed by atoms with Crippen LogP contribution in [0.2, 0.25) is 0 Å². The van der Waals surface area contributed by atoms with E-state index in [1.54, 1.807) is 0 Å². The first-order valence-corrected chi connectivity index (χ1v) is 7.52. The minimum absolute atomic E-state index is 0.251. The van der Waals surface area contributed by atoms with Gasteiger partial charge in [0, 0.05) is 36.2 Å². The molecule has 3 heteroatoms. The van der Waals surface area contributed by atoms with Crippen molar-refractivity contribution in [1.82, 2.24) is 4.90 Å². The van der Waals surface area contributed by atoms with Crippen LogP contribution >= 0.6 is 11.8 Å². The molecule has 96 valence electrons. The van der Waals surface area contributed by atoms with Crippen LogP contribution in [0.5, 0.6) is 0 Å². The van der Waals surface area contributed by atoms with Gasteiger partial charge in [-0.1, -0.05) is 27.7 Å². The van der Waals surface area contributed by atoms with Gasteiger partial charge in [-0.05, 0) is 18.8 Å². The number of rotatable bonds is 3. The van der Waals surface area contributed by atoms with Crippen LogP contribution in [-0.4, -0.2) is 41.1 Å². The van der Waals surface area contributed by atoms with Gasteiger partial charge in [0.1, 0.15) is 0 Å². The molecule has 0 radical (unpaired) electrons. The average Bonchev–Trinajstić information content (AvgIpc) is 2.15. The van der Waals surface area contributed by atoms with Crippen LogP contribution in [0.4, 0.5) is 0 Å². The molecule has 2 nitrogen and oxygen atoms in total. The van der Waals surface area contributed by atoms with Crippen molar-refractivity contribution in [2.45, 2.75) is 58.4 Å². The summed E-state index contributed by atoms with van der Waals surface area (Å²) in [5.74, 6) is 1.26. The smallest absolute Gasteiger partial charge is 0.0293 e. The van der Waals surface area contributed by atoms with Crippen molar-refractivity contribution in [1.29, 1.82) is 0 Å². The summed E-state index contributed by atoms with van der Waals surface area (Å²) in [6, 6.07) is 0.753. The molecule has 0 bridgehead atoms. The summed E-state index contributed by atoms with van der Waals surface area (Å²) in [4.78, 5) is 2.62. The van der Waals surface area contributed by atoms with Crippen molar-refractivity contribution < 1.29 is 0 Å². The normalized spacial score (nSPS) is 27.8. The molecule has 3 unspecified atom stereocenters. The Labute approximate surface area is 105 Å². The lowest BCUT2D eigenvalue weighted by Gasteiger charge is -2.46. The summed E-state index contributed by atoms with van der Waals surface area (Å²) < 4.78 is 0. The quantitative estimate of drug-likeness (QED) is 0.827. The van der Waals surface area contributed by atoms with Crippen molar-refractivity contribution in [3.8, 4) is 0 Å². The van der Waals surface area contributed by atoms with E-state index in [2.05, 4.69) is 51.3 Å². The van der Waals surface area contributed by atoms with E-state index in [4.69, 9.17) is 5.73 Å². The standard InChI is InChI=1S/C13H28N2S/c1-6-11-9-15(7-8-16-11)12(10(2)14)13(3,4)5/h10-12H,6-9,14H2,1-5H3. The molecule has 2 N–H and O–H groups in total. The summed E-state index contributed by atoms with van der Waals surface area (Å²) in [6.07, 6.45) is 1.27. The molecule has 1 aliphatic rings. The highest BCUT2D eigenvalue weighted by atomic mass is 32.2. The fourth-order valence-corrected chi connectivity index (χ4v) is 4.12. The number of hydrogen-bond acceptors (Lipinski definition) is 3. The number of hydrogen-bond donors (Lipinski definition) is 1. The van der Waals surface area contributed by atoms with Gasteiger partial charge in [0.05, 0.1) is 0 Å². The monoisotopic (exact) mass is 244 g/mol. The molecule has 1 saturated heterocycles. The van der Waals surface area contributed by atoms with E-state index in [1.807, 2.05) is 0 Å². The average molecular weight is 244 g/mol. The van der Waals surface area contributed by atoms with Gasteiger partial charge in [0.2, 0.25) is 0 Å². The molecule has 0 aromatic heterocycles. The fourth-order valence-electron chi connectivity index (χ4n) is 2.91. The van der Waals surface area contributed by atoms with E-state index in [0.29, 0.717) is 6.04 Å². The van der Waals surface area contributed by atoms with E-state index in [0.717, 1.165) is 5.25 Å². The van der Waals surface area contributed by atoms with Gasteiger partial charge in [-0.2, -0.15) is 11.8 Å². The summed E-state index contributed by atoms with van der Waals surface area (Å²) in [6.45, 7) is 13.8. The lowest BCUT2D eigenvalue weighted by molar-refractivity contribution is 0.0847. The second-order valence-electron chi connectivity index (χ2n) is 6.07. The van der Waals surface area contributed by atoms with Crippen molar-refractivity contribution in [3.63, 3.8) is 0 Å². The van der Waals surface area contributed by atoms with Crippen molar-refractivity contribution in [2.75, 3.05) is 18.8 Å². The Morgan fingerprint density at radius 3 is 2.50 bits per heavy atom. The number of nitrogens with zero attached hydrogens (tertiary/aromatic N) is 1. The van der Waals surface area contributed by atoms with Gasteiger partial charge in [0.25, 0.3) is 0 Å². The van der Waals surface area contributed by atoms with Gasteiger partial charge >= 0.3 is 0 Å². The van der Waals surface area contributed by atoms with Gasteiger partial charge in [-0.15, -0.1) is 0 Å². The molecule has 1 aliphatic heterocycles. The van der Waals surface area contributed by atoms with Crippen LogP contribution in [0.15, 0.2) is 0 Å². The minimum atomic E-state index is 0.251. The van der Waals surface area contributed by atoms with Crippen LogP contribution in [-0.2, 0) is 0 Å². The number of thioether (sulfide) groups is 1. The first-order chi connectivity index (χ1) is 7.36. The van der Waals surface area contributed by atoms with E-state index in [9.17, 15) is 0 Å². The predicted octanol–water partition coefficient (Wildman–Crippen LogP) is 2.58. The summed E-state index contributed by atoms with van der Waals surface area (Å²) >= 11 is 2.12. The number of nitrogens with two attached hydrogens (primary N) is 1. The maximum Gasteiger partial charge on any atom is 0.0293 e. The Morgan fingerprint density at radius 1 is 1.44 bits per heavy atom. The summed E-state index contributed by atoms with van der Waals surface area (Å²) in [5, 5.41) is 0.803. The van der Waals surface area contributed by atoms with Gasteiger partial charge < -0.3 is 5.73 Å². The molecule has 1 rings (SSSR count). The molecule has 3 atom stereocenters. The highest BCUT2D eigenvalue weighted by Gasteiger charge is 2.35. The van der Waals surface area contributed by atoms with Crippen molar-refractivity contribution in [3.05, 3.63) is 0 Å². The zero-order chi connectivity index (χ0) is 12.3. The Kier molecular flexibility index (Phi) is 5.14. The van der Waals surface area contributed by atoms with Crippen LogP contribution in [0.25, 0.3) is 0 Å². The molecule has 0 spiro atoms. The molecule has 0 aromatic rings. The molecular formula is C13H28N2S. The maximum atomic E-state index is 6.19. The molecular weight excluding hydrogens is 216 g/mol. The van der Waals surface area contributed by atoms with Gasteiger partial charge in [-0.3, -0.25) is 4.90 Å². The molecule has 1 heterocycles. The molecule has 1 fully saturated rings. The first-order valence-electron chi connectivity index (χ1n) is 6.47. The van der Waals surface area contributed by atoms with E-state index < -0.39 is 0 Å². The van der Waals surface area contributed by atoms with E-state index in [-0.39, 0.29) is 11.5 Å². The third-order valence-corrected chi connectivity index (χ3v) is 4.78. The van der Waals surface area contributed by atoms with E-state index in [1.165, 1.54) is 25.3 Å². The molecule has 0 aliphatic carbocycles. The SMILES string of the molecule is CCC1CN(C(C(C)N)C(C)(C)C)CCS1. The molecule has 0 saturated carbocycles. The first kappa shape index (κ1) is 14.3. The highest BCUT2D eigenvalue weighted by Crippen LogP contribution is 2.31. The second-order valence-corrected chi connectivity index (χ2v) is 7.47. The third-order valence-electron chi connectivity index (χ3n) is 3.40. The summed E-state index contributed by atoms with van der Waals surface area (Å²) in [7, 11) is 0. The Balaban J connectivity index is 2.71. The summed E-state index contributed by atoms with van der Waals surface area (Å²) in [5.41, 5.74) is 6.46. The van der Waals surface area contributed by atoms with E-state index >= 15 is 0 Å². The van der Waals surface area contributed by atoms with Gasteiger partial charge in [-0.25, -0.2) is 0 Å². The van der Waals surface area contributed by atoms with Crippen LogP contribution < -0.4 is 5.73 Å². The topological polar surface area (TPSA) is 29.3 Å². The van der Waals surface area contributed by atoms with Crippen molar-refractivity contribution >= 4 is 11.8 Å². The Hall–Kier alpha value is 0.270. The lowest BCUT2D eigenvalue weighted by Crippen LogP contribution is -2.57. The highest BCUT2D eigenvalue weighted by molar-refractivity contribution is 8.00. The molecule has 0 aromatic carbocycles. The third kappa shape index (κ3) is 3.64.